The number of carbonyl (C=O) groups is 1. The Morgan fingerprint density at radius 2 is 1.69 bits per heavy atom. The summed E-state index contributed by atoms with van der Waals surface area (Å²) in [5, 5.41) is 2.55. The van der Waals surface area contributed by atoms with Gasteiger partial charge < -0.3 is 9.73 Å². The molecule has 1 aliphatic heterocycles. The maximum absolute atomic E-state index is 12.6. The van der Waals surface area contributed by atoms with Crippen LogP contribution in [0, 0.1) is 0 Å². The lowest BCUT2D eigenvalue weighted by Gasteiger charge is -2.24. The lowest BCUT2D eigenvalue weighted by Crippen LogP contribution is -2.35. The molecule has 1 aromatic carbocycles. The van der Waals surface area contributed by atoms with Crippen LogP contribution >= 0.6 is 0 Å². The van der Waals surface area contributed by atoms with Gasteiger partial charge in [0, 0.05) is 18.8 Å². The molecule has 6 nitrogen and oxygen atoms in total. The van der Waals surface area contributed by atoms with Crippen molar-refractivity contribution >= 4 is 21.6 Å². The average Bonchev–Trinajstić information content (AvgIpc) is 3.14. The summed E-state index contributed by atoms with van der Waals surface area (Å²) in [6.45, 7) is 5.18. The Morgan fingerprint density at radius 3 is 2.31 bits per heavy atom. The topological polar surface area (TPSA) is 79.6 Å². The van der Waals surface area contributed by atoms with Crippen LogP contribution in [0.5, 0.6) is 0 Å². The molecule has 0 saturated carbocycles. The maximum atomic E-state index is 12.6. The van der Waals surface area contributed by atoms with E-state index < -0.39 is 15.9 Å². The number of benzene rings is 1. The van der Waals surface area contributed by atoms with E-state index in [1.165, 1.54) is 22.0 Å². The first-order valence-corrected chi connectivity index (χ1v) is 10.3. The summed E-state index contributed by atoms with van der Waals surface area (Å²) < 4.78 is 31.9. The summed E-state index contributed by atoms with van der Waals surface area (Å²) in [6.07, 6.45) is 2.73. The van der Waals surface area contributed by atoms with Crippen LogP contribution in [0.2, 0.25) is 0 Å². The number of amides is 1. The number of nitrogens with zero attached hydrogens (tertiary/aromatic N) is 1. The smallest absolute Gasteiger partial charge is 0.291 e. The number of carbonyl (C=O) groups excluding carboxylic acids is 1. The van der Waals surface area contributed by atoms with Crippen LogP contribution in [0.25, 0.3) is 0 Å². The SMILES string of the molecule is CC(C)c1ccc(NC(=O)c2ccc(S(=O)(=O)N3CCCCC3)o2)cc1. The summed E-state index contributed by atoms with van der Waals surface area (Å²) in [4.78, 5) is 12.3. The normalized spacial score (nSPS) is 16.0. The van der Waals surface area contributed by atoms with Crippen LogP contribution < -0.4 is 5.32 Å². The minimum Gasteiger partial charge on any atom is -0.438 e. The summed E-state index contributed by atoms with van der Waals surface area (Å²) in [7, 11) is -3.68. The fourth-order valence-corrected chi connectivity index (χ4v) is 4.39. The molecule has 0 unspecified atom stereocenters. The monoisotopic (exact) mass is 376 g/mol. The van der Waals surface area contributed by atoms with Crippen LogP contribution in [0.1, 0.15) is 55.1 Å². The molecule has 3 rings (SSSR count). The number of anilines is 1. The second-order valence-electron chi connectivity index (χ2n) is 6.81. The summed E-state index contributed by atoms with van der Waals surface area (Å²) >= 11 is 0. The van der Waals surface area contributed by atoms with Gasteiger partial charge in [-0.2, -0.15) is 4.31 Å². The second-order valence-corrected chi connectivity index (χ2v) is 8.68. The zero-order valence-corrected chi connectivity index (χ0v) is 15.9. The third-order valence-corrected chi connectivity index (χ3v) is 6.32. The fourth-order valence-electron chi connectivity index (χ4n) is 2.96. The Kier molecular flexibility index (Phi) is 5.48. The van der Waals surface area contributed by atoms with Crippen molar-refractivity contribution in [3.05, 3.63) is 47.7 Å². The maximum Gasteiger partial charge on any atom is 0.291 e. The third kappa shape index (κ3) is 3.99. The third-order valence-electron chi connectivity index (χ3n) is 4.55. The highest BCUT2D eigenvalue weighted by Crippen LogP contribution is 2.23. The highest BCUT2D eigenvalue weighted by atomic mass is 32.2. The van der Waals surface area contributed by atoms with Crippen molar-refractivity contribution < 1.29 is 17.6 Å². The number of sulfonamides is 1. The van der Waals surface area contributed by atoms with Gasteiger partial charge in [0.05, 0.1) is 0 Å². The first-order chi connectivity index (χ1) is 12.4. The Labute approximate surface area is 154 Å². The van der Waals surface area contributed by atoms with Crippen molar-refractivity contribution in [2.75, 3.05) is 18.4 Å². The quantitative estimate of drug-likeness (QED) is 0.860. The number of furan rings is 1. The second kappa shape index (κ2) is 7.63. The molecule has 1 fully saturated rings. The van der Waals surface area contributed by atoms with E-state index in [1.807, 2.05) is 24.3 Å². The zero-order chi connectivity index (χ0) is 18.7. The van der Waals surface area contributed by atoms with E-state index in [4.69, 9.17) is 4.42 Å². The molecule has 0 aliphatic carbocycles. The van der Waals surface area contributed by atoms with Crippen molar-refractivity contribution in [2.45, 2.75) is 44.1 Å². The Bertz CT molecular complexity index is 863. The number of hydrogen-bond donors (Lipinski definition) is 1. The van der Waals surface area contributed by atoms with E-state index in [9.17, 15) is 13.2 Å². The molecule has 2 aromatic rings. The summed E-state index contributed by atoms with van der Waals surface area (Å²) in [6, 6.07) is 10.3. The van der Waals surface area contributed by atoms with Crippen molar-refractivity contribution in [2.24, 2.45) is 0 Å². The molecule has 2 heterocycles. The van der Waals surface area contributed by atoms with Crippen molar-refractivity contribution in [1.29, 1.82) is 0 Å². The van der Waals surface area contributed by atoms with E-state index in [1.54, 1.807) is 0 Å². The van der Waals surface area contributed by atoms with Crippen LogP contribution in [0.3, 0.4) is 0 Å². The van der Waals surface area contributed by atoms with Gasteiger partial charge in [0.1, 0.15) is 0 Å². The van der Waals surface area contributed by atoms with Crippen LogP contribution in [0.15, 0.2) is 45.9 Å². The Morgan fingerprint density at radius 1 is 1.04 bits per heavy atom. The van der Waals surface area contributed by atoms with Crippen LogP contribution in [0.4, 0.5) is 5.69 Å². The van der Waals surface area contributed by atoms with E-state index in [0.29, 0.717) is 24.7 Å². The number of rotatable bonds is 5. The summed E-state index contributed by atoms with van der Waals surface area (Å²) in [5.41, 5.74) is 1.81. The minimum absolute atomic E-state index is 0.0199. The molecule has 1 aromatic heterocycles. The van der Waals surface area contributed by atoms with Crippen molar-refractivity contribution in [3.8, 4) is 0 Å². The molecule has 0 atom stereocenters. The molecular formula is C19H24N2O4S. The molecule has 7 heteroatoms. The molecule has 1 amide bonds. The van der Waals surface area contributed by atoms with Gasteiger partial charge in [-0.1, -0.05) is 32.4 Å². The van der Waals surface area contributed by atoms with Gasteiger partial charge >= 0.3 is 0 Å². The molecule has 0 radical (unpaired) electrons. The molecule has 1 aliphatic rings. The van der Waals surface area contributed by atoms with Crippen LogP contribution in [-0.2, 0) is 10.0 Å². The number of piperidine rings is 1. The predicted molar refractivity (Wildman–Crippen MR) is 99.8 cm³/mol. The van der Waals surface area contributed by atoms with Gasteiger partial charge in [-0.15, -0.1) is 0 Å². The highest BCUT2D eigenvalue weighted by molar-refractivity contribution is 7.89. The largest absolute Gasteiger partial charge is 0.438 e. The number of nitrogens with one attached hydrogen (secondary N) is 1. The molecule has 26 heavy (non-hydrogen) atoms. The van der Waals surface area contributed by atoms with E-state index in [-0.39, 0.29) is 10.9 Å². The highest BCUT2D eigenvalue weighted by Gasteiger charge is 2.29. The van der Waals surface area contributed by atoms with Gasteiger partial charge in [-0.3, -0.25) is 4.79 Å². The first kappa shape index (κ1) is 18.7. The minimum atomic E-state index is -3.68. The van der Waals surface area contributed by atoms with Gasteiger partial charge in [-0.05, 0) is 48.6 Å². The molecule has 0 spiro atoms. The van der Waals surface area contributed by atoms with Crippen LogP contribution in [-0.4, -0.2) is 31.7 Å². The van der Waals surface area contributed by atoms with Crippen molar-refractivity contribution in [1.82, 2.24) is 4.31 Å². The van der Waals surface area contributed by atoms with E-state index >= 15 is 0 Å². The molecule has 140 valence electrons. The lowest BCUT2D eigenvalue weighted by atomic mass is 10.0. The Balaban J connectivity index is 1.71. The zero-order valence-electron chi connectivity index (χ0n) is 15.1. The first-order valence-electron chi connectivity index (χ1n) is 8.89. The molecule has 1 saturated heterocycles. The summed E-state index contributed by atoms with van der Waals surface area (Å²) in [5.74, 6) is -0.0803. The van der Waals surface area contributed by atoms with E-state index in [2.05, 4.69) is 19.2 Å². The lowest BCUT2D eigenvalue weighted by molar-refractivity contribution is 0.0991. The van der Waals surface area contributed by atoms with E-state index in [0.717, 1.165) is 19.3 Å². The molecule has 1 N–H and O–H groups in total. The predicted octanol–water partition coefficient (Wildman–Crippen LogP) is 3.83. The van der Waals surface area contributed by atoms with Gasteiger partial charge in [0.2, 0.25) is 5.09 Å². The average molecular weight is 376 g/mol. The number of hydrogen-bond acceptors (Lipinski definition) is 4. The molecule has 0 bridgehead atoms. The Hall–Kier alpha value is -2.12. The fraction of sp³-hybridized carbons (Fsp3) is 0.421. The standard InChI is InChI=1S/C19H24N2O4S/c1-14(2)15-6-8-16(9-7-15)20-19(22)17-10-11-18(25-17)26(23,24)21-12-4-3-5-13-21/h6-11,14H,3-5,12-13H2,1-2H3,(H,20,22). The van der Waals surface area contributed by atoms with Gasteiger partial charge in [-0.25, -0.2) is 8.42 Å². The van der Waals surface area contributed by atoms with Crippen molar-refractivity contribution in [3.63, 3.8) is 0 Å². The van der Waals surface area contributed by atoms with Gasteiger partial charge in [0.25, 0.3) is 15.9 Å². The van der Waals surface area contributed by atoms with Gasteiger partial charge in [0.15, 0.2) is 5.76 Å². The molecular weight excluding hydrogens is 352 g/mol.